The molecule has 0 spiro atoms. The Bertz CT molecular complexity index is 170. The highest BCUT2D eigenvalue weighted by Crippen LogP contribution is 2.24. The van der Waals surface area contributed by atoms with E-state index in [1.165, 1.54) is 32.4 Å². The number of hydrogen-bond acceptors (Lipinski definition) is 2. The van der Waals surface area contributed by atoms with Crippen molar-refractivity contribution in [3.63, 3.8) is 0 Å². The van der Waals surface area contributed by atoms with Crippen LogP contribution in [-0.2, 0) is 0 Å². The molecule has 0 aliphatic carbocycles. The van der Waals surface area contributed by atoms with E-state index in [0.29, 0.717) is 0 Å². The van der Waals surface area contributed by atoms with E-state index in [-0.39, 0.29) is 0 Å². The summed E-state index contributed by atoms with van der Waals surface area (Å²) in [6, 6.07) is 0.772. The number of hydrogen-bond donors (Lipinski definition) is 1. The molecule has 1 saturated heterocycles. The summed E-state index contributed by atoms with van der Waals surface area (Å²) >= 11 is 0. The van der Waals surface area contributed by atoms with Gasteiger partial charge in [0.2, 0.25) is 0 Å². The molecular formula is C13H28N2. The number of rotatable bonds is 5. The van der Waals surface area contributed by atoms with Crippen LogP contribution in [0.3, 0.4) is 0 Å². The lowest BCUT2D eigenvalue weighted by Gasteiger charge is -2.39. The van der Waals surface area contributed by atoms with Crippen LogP contribution in [0.1, 0.15) is 40.0 Å². The molecule has 1 aliphatic heterocycles. The van der Waals surface area contributed by atoms with Gasteiger partial charge in [-0.1, -0.05) is 13.8 Å². The van der Waals surface area contributed by atoms with E-state index in [2.05, 4.69) is 31.0 Å². The normalized spacial score (nSPS) is 30.4. The Morgan fingerprint density at radius 1 is 1.33 bits per heavy atom. The average Bonchev–Trinajstić information content (AvgIpc) is 2.22. The van der Waals surface area contributed by atoms with Crippen LogP contribution in [0.25, 0.3) is 0 Å². The summed E-state index contributed by atoms with van der Waals surface area (Å²) in [5, 5.41) is 3.22. The van der Waals surface area contributed by atoms with Gasteiger partial charge >= 0.3 is 0 Å². The van der Waals surface area contributed by atoms with E-state index in [1.807, 2.05) is 7.05 Å². The molecule has 2 nitrogen and oxygen atoms in total. The molecule has 1 fully saturated rings. The van der Waals surface area contributed by atoms with Gasteiger partial charge in [-0.15, -0.1) is 0 Å². The summed E-state index contributed by atoms with van der Waals surface area (Å²) in [6.07, 6.45) is 4.03. The summed E-state index contributed by atoms with van der Waals surface area (Å²) in [7, 11) is 2.04. The van der Waals surface area contributed by atoms with Crippen molar-refractivity contribution >= 4 is 0 Å². The van der Waals surface area contributed by atoms with Gasteiger partial charge in [-0.25, -0.2) is 0 Å². The number of likely N-dealkylation sites (tertiary alicyclic amines) is 1. The fraction of sp³-hybridized carbons (Fsp3) is 1.00. The fourth-order valence-electron chi connectivity index (χ4n) is 2.45. The monoisotopic (exact) mass is 212 g/mol. The molecule has 1 heterocycles. The van der Waals surface area contributed by atoms with Crippen molar-refractivity contribution in [2.45, 2.75) is 46.1 Å². The molecule has 1 aliphatic rings. The molecule has 0 aromatic rings. The van der Waals surface area contributed by atoms with Crippen LogP contribution < -0.4 is 5.32 Å². The molecular weight excluding hydrogens is 184 g/mol. The van der Waals surface area contributed by atoms with Crippen molar-refractivity contribution in [2.75, 3.05) is 26.7 Å². The Labute approximate surface area is 95.4 Å². The van der Waals surface area contributed by atoms with E-state index in [9.17, 15) is 0 Å². The van der Waals surface area contributed by atoms with E-state index in [0.717, 1.165) is 24.4 Å². The number of nitrogens with zero attached hydrogens (tertiary/aromatic N) is 1. The van der Waals surface area contributed by atoms with Gasteiger partial charge in [0.05, 0.1) is 0 Å². The maximum absolute atomic E-state index is 3.22. The fourth-order valence-corrected chi connectivity index (χ4v) is 2.45. The second-order valence-electron chi connectivity index (χ2n) is 5.33. The second kappa shape index (κ2) is 6.49. The topological polar surface area (TPSA) is 15.3 Å². The van der Waals surface area contributed by atoms with Crippen LogP contribution in [0, 0.1) is 11.8 Å². The van der Waals surface area contributed by atoms with Crippen LogP contribution in [-0.4, -0.2) is 37.6 Å². The number of nitrogens with one attached hydrogen (secondary N) is 1. The Hall–Kier alpha value is -0.0800. The van der Waals surface area contributed by atoms with Gasteiger partial charge in [0.25, 0.3) is 0 Å². The Balaban J connectivity index is 2.24. The first-order valence-corrected chi connectivity index (χ1v) is 6.53. The summed E-state index contributed by atoms with van der Waals surface area (Å²) in [6.45, 7) is 11.0. The maximum Gasteiger partial charge on any atom is 0.00675 e. The molecule has 0 amide bonds. The quantitative estimate of drug-likeness (QED) is 0.704. The van der Waals surface area contributed by atoms with Gasteiger partial charge in [0.1, 0.15) is 0 Å². The lowest BCUT2D eigenvalue weighted by atomic mass is 9.88. The molecule has 0 saturated carbocycles. The van der Waals surface area contributed by atoms with Gasteiger partial charge < -0.3 is 10.2 Å². The highest BCUT2D eigenvalue weighted by Gasteiger charge is 2.25. The molecule has 0 radical (unpaired) electrons. The largest absolute Gasteiger partial charge is 0.320 e. The molecule has 1 rings (SSSR count). The van der Waals surface area contributed by atoms with Crippen molar-refractivity contribution in [1.82, 2.24) is 10.2 Å². The Morgan fingerprint density at radius 3 is 2.67 bits per heavy atom. The van der Waals surface area contributed by atoms with Gasteiger partial charge in [-0.3, -0.25) is 0 Å². The predicted molar refractivity (Wildman–Crippen MR) is 67.1 cm³/mol. The standard InChI is InChI=1S/C13H28N2/c1-11-7-9-15(10-12(11)2)13(3)6-5-8-14-4/h11-14H,5-10H2,1-4H3. The van der Waals surface area contributed by atoms with Crippen molar-refractivity contribution in [2.24, 2.45) is 11.8 Å². The molecule has 15 heavy (non-hydrogen) atoms. The molecule has 90 valence electrons. The van der Waals surface area contributed by atoms with Crippen LogP contribution in [0.5, 0.6) is 0 Å². The molecule has 0 bridgehead atoms. The van der Waals surface area contributed by atoms with Crippen molar-refractivity contribution < 1.29 is 0 Å². The highest BCUT2D eigenvalue weighted by molar-refractivity contribution is 4.78. The summed E-state index contributed by atoms with van der Waals surface area (Å²) in [4.78, 5) is 2.68. The lowest BCUT2D eigenvalue weighted by Crippen LogP contribution is -2.43. The SMILES string of the molecule is CNCCCC(C)N1CCC(C)C(C)C1. The minimum atomic E-state index is 0.772. The van der Waals surface area contributed by atoms with E-state index >= 15 is 0 Å². The van der Waals surface area contributed by atoms with Crippen LogP contribution in [0.2, 0.25) is 0 Å². The zero-order chi connectivity index (χ0) is 11.3. The van der Waals surface area contributed by atoms with Crippen molar-refractivity contribution in [3.8, 4) is 0 Å². The minimum Gasteiger partial charge on any atom is -0.320 e. The smallest absolute Gasteiger partial charge is 0.00675 e. The van der Waals surface area contributed by atoms with Gasteiger partial charge in [-0.05, 0) is 58.2 Å². The molecule has 3 atom stereocenters. The first-order chi connectivity index (χ1) is 7.15. The predicted octanol–water partition coefficient (Wildman–Crippen LogP) is 2.35. The summed E-state index contributed by atoms with van der Waals surface area (Å²) in [5.74, 6) is 1.80. The second-order valence-corrected chi connectivity index (χ2v) is 5.33. The van der Waals surface area contributed by atoms with Crippen molar-refractivity contribution in [1.29, 1.82) is 0 Å². The zero-order valence-corrected chi connectivity index (χ0v) is 10.9. The zero-order valence-electron chi connectivity index (χ0n) is 10.9. The first-order valence-electron chi connectivity index (χ1n) is 6.53. The van der Waals surface area contributed by atoms with Crippen LogP contribution >= 0.6 is 0 Å². The van der Waals surface area contributed by atoms with Gasteiger partial charge in [0.15, 0.2) is 0 Å². The Morgan fingerprint density at radius 2 is 2.07 bits per heavy atom. The Kier molecular flexibility index (Phi) is 5.62. The van der Waals surface area contributed by atoms with Crippen molar-refractivity contribution in [3.05, 3.63) is 0 Å². The van der Waals surface area contributed by atoms with Crippen LogP contribution in [0.4, 0.5) is 0 Å². The third-order valence-electron chi connectivity index (χ3n) is 4.04. The molecule has 0 aromatic carbocycles. The summed E-state index contributed by atoms with van der Waals surface area (Å²) < 4.78 is 0. The van der Waals surface area contributed by atoms with E-state index in [4.69, 9.17) is 0 Å². The van der Waals surface area contributed by atoms with Crippen LogP contribution in [0.15, 0.2) is 0 Å². The highest BCUT2D eigenvalue weighted by atomic mass is 15.2. The molecule has 2 heteroatoms. The maximum atomic E-state index is 3.22. The van der Waals surface area contributed by atoms with E-state index in [1.54, 1.807) is 0 Å². The van der Waals surface area contributed by atoms with E-state index < -0.39 is 0 Å². The summed E-state index contributed by atoms with van der Waals surface area (Å²) in [5.41, 5.74) is 0. The van der Waals surface area contributed by atoms with Gasteiger partial charge in [-0.2, -0.15) is 0 Å². The third kappa shape index (κ3) is 4.12. The average molecular weight is 212 g/mol. The van der Waals surface area contributed by atoms with Gasteiger partial charge in [0, 0.05) is 12.6 Å². The molecule has 3 unspecified atom stereocenters. The molecule has 0 aromatic heterocycles. The number of piperidine rings is 1. The molecule has 1 N–H and O–H groups in total. The first kappa shape index (κ1) is 13.0. The minimum absolute atomic E-state index is 0.772. The lowest BCUT2D eigenvalue weighted by molar-refractivity contribution is 0.0978. The third-order valence-corrected chi connectivity index (χ3v) is 4.04.